The SMILES string of the molecule is CC(CCS(=O)O)c1ccccc1. The van der Waals surface area contributed by atoms with Gasteiger partial charge < -0.3 is 4.55 Å². The Balaban J connectivity index is 2.49. The van der Waals surface area contributed by atoms with Crippen LogP contribution in [0.5, 0.6) is 0 Å². The Bertz CT molecular complexity index is 272. The van der Waals surface area contributed by atoms with Crippen LogP contribution >= 0.6 is 0 Å². The average Bonchev–Trinajstić information content (AvgIpc) is 2.15. The molecule has 0 aliphatic rings. The second-order valence-corrected chi connectivity index (χ2v) is 4.18. The van der Waals surface area contributed by atoms with Crippen LogP contribution in [0.15, 0.2) is 30.3 Å². The van der Waals surface area contributed by atoms with E-state index in [9.17, 15) is 4.21 Å². The van der Waals surface area contributed by atoms with Crippen LogP contribution < -0.4 is 0 Å². The minimum absolute atomic E-state index is 0.357. The fourth-order valence-electron chi connectivity index (χ4n) is 1.23. The maximum absolute atomic E-state index is 10.4. The normalized spacial score (nSPS) is 15.2. The lowest BCUT2D eigenvalue weighted by molar-refractivity contribution is 0.557. The van der Waals surface area contributed by atoms with Gasteiger partial charge in [0, 0.05) is 5.75 Å². The Hall–Kier alpha value is -0.670. The zero-order chi connectivity index (χ0) is 9.68. The van der Waals surface area contributed by atoms with Gasteiger partial charge in [0.05, 0.1) is 0 Å². The van der Waals surface area contributed by atoms with E-state index in [0.717, 1.165) is 6.42 Å². The fourth-order valence-corrected chi connectivity index (χ4v) is 1.78. The number of hydrogen-bond donors (Lipinski definition) is 1. The van der Waals surface area contributed by atoms with Gasteiger partial charge in [0.1, 0.15) is 0 Å². The highest BCUT2D eigenvalue weighted by Gasteiger charge is 2.05. The molecule has 1 aromatic carbocycles. The Morgan fingerprint density at radius 1 is 1.38 bits per heavy atom. The van der Waals surface area contributed by atoms with E-state index in [-0.39, 0.29) is 0 Å². The van der Waals surface area contributed by atoms with Crippen LogP contribution in [-0.2, 0) is 11.1 Å². The van der Waals surface area contributed by atoms with E-state index in [1.165, 1.54) is 5.56 Å². The smallest absolute Gasteiger partial charge is 0.152 e. The molecular formula is C10H14O2S. The second-order valence-electron chi connectivity index (χ2n) is 3.13. The Morgan fingerprint density at radius 3 is 2.54 bits per heavy atom. The predicted octanol–water partition coefficient (Wildman–Crippen LogP) is 2.40. The van der Waals surface area contributed by atoms with E-state index in [2.05, 4.69) is 6.92 Å². The molecule has 2 atom stereocenters. The molecule has 0 aromatic heterocycles. The van der Waals surface area contributed by atoms with E-state index in [4.69, 9.17) is 4.55 Å². The quantitative estimate of drug-likeness (QED) is 0.754. The minimum Gasteiger partial charge on any atom is -0.306 e. The van der Waals surface area contributed by atoms with E-state index < -0.39 is 11.1 Å². The standard InChI is InChI=1S/C10H14O2S/c1-9(7-8-13(11)12)10-5-3-2-4-6-10/h2-6,9H,7-8H2,1H3,(H,11,12). The third kappa shape index (κ3) is 3.70. The van der Waals surface area contributed by atoms with Crippen molar-refractivity contribution in [2.45, 2.75) is 19.3 Å². The highest BCUT2D eigenvalue weighted by atomic mass is 32.2. The van der Waals surface area contributed by atoms with Gasteiger partial charge in [-0.05, 0) is 17.9 Å². The number of hydrogen-bond acceptors (Lipinski definition) is 1. The van der Waals surface area contributed by atoms with Gasteiger partial charge in [-0.2, -0.15) is 0 Å². The van der Waals surface area contributed by atoms with Crippen molar-refractivity contribution in [3.8, 4) is 0 Å². The summed E-state index contributed by atoms with van der Waals surface area (Å²) in [6, 6.07) is 10.0. The predicted molar refractivity (Wildman–Crippen MR) is 55.1 cm³/mol. The van der Waals surface area contributed by atoms with E-state index in [0.29, 0.717) is 11.7 Å². The minimum atomic E-state index is -1.66. The van der Waals surface area contributed by atoms with Crippen LogP contribution in [0.4, 0.5) is 0 Å². The molecule has 0 fully saturated rings. The summed E-state index contributed by atoms with van der Waals surface area (Å²) in [5.74, 6) is 0.716. The van der Waals surface area contributed by atoms with Crippen LogP contribution in [0.1, 0.15) is 24.8 Å². The van der Waals surface area contributed by atoms with Crippen LogP contribution in [-0.4, -0.2) is 14.5 Å². The Morgan fingerprint density at radius 2 is 2.00 bits per heavy atom. The summed E-state index contributed by atoms with van der Waals surface area (Å²) >= 11 is -1.66. The van der Waals surface area contributed by atoms with Crippen LogP contribution in [0.2, 0.25) is 0 Å². The first-order valence-corrected chi connectivity index (χ1v) is 5.60. The van der Waals surface area contributed by atoms with Crippen molar-refractivity contribution in [3.63, 3.8) is 0 Å². The molecule has 13 heavy (non-hydrogen) atoms. The molecule has 1 N–H and O–H groups in total. The fraction of sp³-hybridized carbons (Fsp3) is 0.400. The van der Waals surface area contributed by atoms with Crippen molar-refractivity contribution in [3.05, 3.63) is 35.9 Å². The molecule has 0 amide bonds. The van der Waals surface area contributed by atoms with E-state index in [1.54, 1.807) is 0 Å². The van der Waals surface area contributed by atoms with Crippen LogP contribution in [0.25, 0.3) is 0 Å². The molecule has 2 nitrogen and oxygen atoms in total. The first-order chi connectivity index (χ1) is 6.20. The van der Waals surface area contributed by atoms with Gasteiger partial charge in [0.15, 0.2) is 11.1 Å². The lowest BCUT2D eigenvalue weighted by atomic mass is 9.99. The topological polar surface area (TPSA) is 37.3 Å². The molecule has 0 saturated heterocycles. The van der Waals surface area contributed by atoms with Gasteiger partial charge >= 0.3 is 0 Å². The van der Waals surface area contributed by atoms with Crippen LogP contribution in [0.3, 0.4) is 0 Å². The molecular weight excluding hydrogens is 184 g/mol. The zero-order valence-corrected chi connectivity index (χ0v) is 8.46. The molecule has 1 aromatic rings. The zero-order valence-electron chi connectivity index (χ0n) is 7.64. The van der Waals surface area contributed by atoms with Crippen molar-refractivity contribution in [1.29, 1.82) is 0 Å². The summed E-state index contributed by atoms with van der Waals surface area (Å²) in [6.07, 6.45) is 0.757. The third-order valence-corrected chi connectivity index (χ3v) is 2.68. The van der Waals surface area contributed by atoms with Gasteiger partial charge in [-0.1, -0.05) is 37.3 Å². The van der Waals surface area contributed by atoms with E-state index >= 15 is 0 Å². The van der Waals surface area contributed by atoms with Crippen molar-refractivity contribution in [2.75, 3.05) is 5.75 Å². The van der Waals surface area contributed by atoms with Crippen molar-refractivity contribution in [1.82, 2.24) is 0 Å². The van der Waals surface area contributed by atoms with Crippen molar-refractivity contribution < 1.29 is 8.76 Å². The monoisotopic (exact) mass is 198 g/mol. The maximum atomic E-state index is 10.4. The summed E-state index contributed by atoms with van der Waals surface area (Å²) < 4.78 is 19.1. The second kappa shape index (κ2) is 5.14. The summed E-state index contributed by atoms with van der Waals surface area (Å²) in [5.41, 5.74) is 1.23. The summed E-state index contributed by atoms with van der Waals surface area (Å²) in [5, 5.41) is 0. The maximum Gasteiger partial charge on any atom is 0.152 e. The summed E-state index contributed by atoms with van der Waals surface area (Å²) in [7, 11) is 0. The molecule has 0 radical (unpaired) electrons. The first kappa shape index (κ1) is 10.4. The van der Waals surface area contributed by atoms with E-state index in [1.807, 2.05) is 30.3 Å². The van der Waals surface area contributed by atoms with Gasteiger partial charge in [0.25, 0.3) is 0 Å². The molecule has 0 heterocycles. The highest BCUT2D eigenvalue weighted by molar-refractivity contribution is 7.79. The van der Waals surface area contributed by atoms with Crippen LogP contribution in [0, 0.1) is 0 Å². The van der Waals surface area contributed by atoms with Gasteiger partial charge in [0.2, 0.25) is 0 Å². The largest absolute Gasteiger partial charge is 0.306 e. The van der Waals surface area contributed by atoms with Crippen molar-refractivity contribution in [2.24, 2.45) is 0 Å². The summed E-state index contributed by atoms with van der Waals surface area (Å²) in [6.45, 7) is 2.07. The average molecular weight is 198 g/mol. The summed E-state index contributed by atoms with van der Waals surface area (Å²) in [4.78, 5) is 0. The molecule has 0 bridgehead atoms. The third-order valence-electron chi connectivity index (χ3n) is 2.09. The molecule has 0 saturated carbocycles. The Kier molecular flexibility index (Phi) is 4.12. The number of benzene rings is 1. The van der Waals surface area contributed by atoms with Crippen molar-refractivity contribution >= 4 is 11.1 Å². The van der Waals surface area contributed by atoms with Gasteiger partial charge in [-0.3, -0.25) is 0 Å². The lowest BCUT2D eigenvalue weighted by Gasteiger charge is -2.09. The van der Waals surface area contributed by atoms with Gasteiger partial charge in [-0.25, -0.2) is 4.21 Å². The Labute approximate surface area is 81.3 Å². The molecule has 0 spiro atoms. The highest BCUT2D eigenvalue weighted by Crippen LogP contribution is 2.18. The number of rotatable bonds is 4. The molecule has 1 rings (SSSR count). The molecule has 2 unspecified atom stereocenters. The van der Waals surface area contributed by atoms with Gasteiger partial charge in [-0.15, -0.1) is 0 Å². The molecule has 72 valence electrons. The lowest BCUT2D eigenvalue weighted by Crippen LogP contribution is -2.01. The molecule has 3 heteroatoms. The first-order valence-electron chi connectivity index (χ1n) is 4.32. The molecule has 0 aliphatic heterocycles. The molecule has 0 aliphatic carbocycles.